The molecule has 3 N–H and O–H groups in total. The lowest BCUT2D eigenvalue weighted by Crippen LogP contribution is -2.32. The molecule has 0 aliphatic heterocycles. The molecule has 0 radical (unpaired) electrons. The number of nitrogens with two attached hydrogens (primary N) is 1. The summed E-state index contributed by atoms with van der Waals surface area (Å²) in [7, 11) is 0. The van der Waals surface area contributed by atoms with Gasteiger partial charge in [-0.3, -0.25) is 0 Å². The first-order valence-electron chi connectivity index (χ1n) is 5.60. The van der Waals surface area contributed by atoms with Crippen LogP contribution in [0.3, 0.4) is 0 Å². The van der Waals surface area contributed by atoms with Gasteiger partial charge >= 0.3 is 6.09 Å². The van der Waals surface area contributed by atoms with Gasteiger partial charge in [0.25, 0.3) is 0 Å². The third-order valence-corrected chi connectivity index (χ3v) is 2.17. The SMILES string of the molecule is Cc1cc(CNC(=O)OC(C)(C)C)ccc1N. The van der Waals surface area contributed by atoms with E-state index in [-0.39, 0.29) is 0 Å². The van der Waals surface area contributed by atoms with E-state index in [1.165, 1.54) is 0 Å². The van der Waals surface area contributed by atoms with Crippen molar-refractivity contribution in [1.29, 1.82) is 0 Å². The monoisotopic (exact) mass is 236 g/mol. The zero-order chi connectivity index (χ0) is 13.1. The van der Waals surface area contributed by atoms with Crippen molar-refractivity contribution in [1.82, 2.24) is 5.32 Å². The zero-order valence-electron chi connectivity index (χ0n) is 10.8. The second-order valence-electron chi connectivity index (χ2n) is 5.05. The Morgan fingerprint density at radius 3 is 2.59 bits per heavy atom. The number of carbonyl (C=O) groups excluding carboxylic acids is 1. The predicted octanol–water partition coefficient (Wildman–Crippen LogP) is 2.60. The number of nitrogens with one attached hydrogen (secondary N) is 1. The first-order valence-corrected chi connectivity index (χ1v) is 5.60. The maximum absolute atomic E-state index is 11.4. The van der Waals surface area contributed by atoms with Crippen LogP contribution in [0.1, 0.15) is 31.9 Å². The number of ether oxygens (including phenoxy) is 1. The Kier molecular flexibility index (Phi) is 3.99. The van der Waals surface area contributed by atoms with Gasteiger partial charge in [0.1, 0.15) is 5.60 Å². The summed E-state index contributed by atoms with van der Waals surface area (Å²) in [5.74, 6) is 0. The van der Waals surface area contributed by atoms with Crippen molar-refractivity contribution in [2.45, 2.75) is 39.8 Å². The van der Waals surface area contributed by atoms with E-state index >= 15 is 0 Å². The number of nitrogen functional groups attached to an aromatic ring is 1. The summed E-state index contributed by atoms with van der Waals surface area (Å²) >= 11 is 0. The quantitative estimate of drug-likeness (QED) is 0.776. The number of benzene rings is 1. The van der Waals surface area contributed by atoms with E-state index in [1.54, 1.807) is 0 Å². The van der Waals surface area contributed by atoms with Gasteiger partial charge in [0.15, 0.2) is 0 Å². The second-order valence-corrected chi connectivity index (χ2v) is 5.05. The molecule has 1 rings (SSSR count). The minimum Gasteiger partial charge on any atom is -0.444 e. The Morgan fingerprint density at radius 2 is 2.06 bits per heavy atom. The fourth-order valence-electron chi connectivity index (χ4n) is 1.34. The molecule has 4 heteroatoms. The smallest absolute Gasteiger partial charge is 0.407 e. The van der Waals surface area contributed by atoms with E-state index in [2.05, 4.69) is 5.32 Å². The standard InChI is InChI=1S/C13H20N2O2/c1-9-7-10(5-6-11(9)14)8-15-12(16)17-13(2,3)4/h5-7H,8,14H2,1-4H3,(H,15,16). The van der Waals surface area contributed by atoms with Crippen molar-refractivity contribution in [2.75, 3.05) is 5.73 Å². The van der Waals surface area contributed by atoms with Crippen molar-refractivity contribution in [2.24, 2.45) is 0 Å². The summed E-state index contributed by atoms with van der Waals surface area (Å²) in [5.41, 5.74) is 8.01. The minimum atomic E-state index is -0.471. The van der Waals surface area contributed by atoms with Crippen LogP contribution in [0.25, 0.3) is 0 Å². The summed E-state index contributed by atoms with van der Waals surface area (Å²) in [6, 6.07) is 5.67. The highest BCUT2D eigenvalue weighted by Crippen LogP contribution is 2.12. The molecule has 1 aromatic rings. The van der Waals surface area contributed by atoms with E-state index in [9.17, 15) is 4.79 Å². The predicted molar refractivity (Wildman–Crippen MR) is 68.7 cm³/mol. The van der Waals surface area contributed by atoms with Crippen LogP contribution in [-0.4, -0.2) is 11.7 Å². The van der Waals surface area contributed by atoms with Crippen molar-refractivity contribution < 1.29 is 9.53 Å². The first-order chi connectivity index (χ1) is 7.78. The van der Waals surface area contributed by atoms with Crippen LogP contribution < -0.4 is 11.1 Å². The van der Waals surface area contributed by atoms with Gasteiger partial charge in [0.05, 0.1) is 0 Å². The third-order valence-electron chi connectivity index (χ3n) is 2.17. The number of carbonyl (C=O) groups is 1. The van der Waals surface area contributed by atoms with Crippen LogP contribution in [0.5, 0.6) is 0 Å². The summed E-state index contributed by atoms with van der Waals surface area (Å²) in [6.45, 7) is 7.88. The van der Waals surface area contributed by atoms with Crippen LogP contribution in [0, 0.1) is 6.92 Å². The van der Waals surface area contributed by atoms with Crippen molar-refractivity contribution >= 4 is 11.8 Å². The highest BCUT2D eigenvalue weighted by Gasteiger charge is 2.15. The van der Waals surface area contributed by atoms with E-state index < -0.39 is 11.7 Å². The van der Waals surface area contributed by atoms with Gasteiger partial charge in [-0.1, -0.05) is 12.1 Å². The fraction of sp³-hybridized carbons (Fsp3) is 0.462. The van der Waals surface area contributed by atoms with E-state index in [0.29, 0.717) is 6.54 Å². The fourth-order valence-corrected chi connectivity index (χ4v) is 1.34. The molecule has 17 heavy (non-hydrogen) atoms. The molecule has 1 amide bonds. The molecule has 94 valence electrons. The van der Waals surface area contributed by atoms with Gasteiger partial charge < -0.3 is 15.8 Å². The molecule has 0 unspecified atom stereocenters. The number of aryl methyl sites for hydroxylation is 1. The van der Waals surface area contributed by atoms with E-state index in [1.807, 2.05) is 45.9 Å². The van der Waals surface area contributed by atoms with Crippen molar-refractivity contribution in [3.8, 4) is 0 Å². The molecule has 0 aromatic heterocycles. The average molecular weight is 236 g/mol. The lowest BCUT2D eigenvalue weighted by molar-refractivity contribution is 0.0523. The van der Waals surface area contributed by atoms with Crippen LogP contribution in [0.2, 0.25) is 0 Å². The number of anilines is 1. The molecular formula is C13H20N2O2. The van der Waals surface area contributed by atoms with E-state index in [4.69, 9.17) is 10.5 Å². The number of alkyl carbamates (subject to hydrolysis) is 1. The lowest BCUT2D eigenvalue weighted by atomic mass is 10.1. The molecular weight excluding hydrogens is 216 g/mol. The number of amides is 1. The normalized spacial score (nSPS) is 11.1. The highest BCUT2D eigenvalue weighted by atomic mass is 16.6. The van der Waals surface area contributed by atoms with Crippen LogP contribution in [0.4, 0.5) is 10.5 Å². The molecule has 0 heterocycles. The van der Waals surface area contributed by atoms with E-state index in [0.717, 1.165) is 16.8 Å². The zero-order valence-corrected chi connectivity index (χ0v) is 10.8. The Hall–Kier alpha value is -1.71. The molecule has 0 fully saturated rings. The van der Waals surface area contributed by atoms with Crippen molar-refractivity contribution in [3.63, 3.8) is 0 Å². The maximum Gasteiger partial charge on any atom is 0.407 e. The van der Waals surface area contributed by atoms with Gasteiger partial charge in [0, 0.05) is 12.2 Å². The summed E-state index contributed by atoms with van der Waals surface area (Å²) in [5, 5.41) is 2.70. The Labute approximate surface area is 102 Å². The molecule has 0 saturated heterocycles. The Bertz CT molecular complexity index is 408. The van der Waals surface area contributed by atoms with Crippen LogP contribution >= 0.6 is 0 Å². The molecule has 0 bridgehead atoms. The molecule has 0 spiro atoms. The Morgan fingerprint density at radius 1 is 1.41 bits per heavy atom. The molecule has 0 aliphatic rings. The maximum atomic E-state index is 11.4. The topological polar surface area (TPSA) is 64.3 Å². The molecule has 0 atom stereocenters. The van der Waals surface area contributed by atoms with Gasteiger partial charge in [-0.15, -0.1) is 0 Å². The van der Waals surface area contributed by atoms with Crippen molar-refractivity contribution in [3.05, 3.63) is 29.3 Å². The molecule has 0 aliphatic carbocycles. The summed E-state index contributed by atoms with van der Waals surface area (Å²) in [4.78, 5) is 11.4. The molecule has 1 aromatic carbocycles. The minimum absolute atomic E-state index is 0.410. The molecule has 4 nitrogen and oxygen atoms in total. The molecule has 0 saturated carbocycles. The lowest BCUT2D eigenvalue weighted by Gasteiger charge is -2.19. The van der Waals surface area contributed by atoms with Crippen LogP contribution in [-0.2, 0) is 11.3 Å². The van der Waals surface area contributed by atoms with Gasteiger partial charge in [-0.2, -0.15) is 0 Å². The number of hydrogen-bond acceptors (Lipinski definition) is 3. The van der Waals surface area contributed by atoms with Gasteiger partial charge in [0.2, 0.25) is 0 Å². The average Bonchev–Trinajstić information content (AvgIpc) is 2.17. The highest BCUT2D eigenvalue weighted by molar-refractivity contribution is 5.67. The van der Waals surface area contributed by atoms with Gasteiger partial charge in [-0.05, 0) is 44.9 Å². The van der Waals surface area contributed by atoms with Crippen LogP contribution in [0.15, 0.2) is 18.2 Å². The van der Waals surface area contributed by atoms with Gasteiger partial charge in [-0.25, -0.2) is 4.79 Å². The second kappa shape index (κ2) is 5.08. The Balaban J connectivity index is 2.50. The third kappa shape index (κ3) is 4.76. The summed E-state index contributed by atoms with van der Waals surface area (Å²) in [6.07, 6.45) is -0.410. The number of rotatable bonds is 2. The summed E-state index contributed by atoms with van der Waals surface area (Å²) < 4.78 is 5.14. The number of hydrogen-bond donors (Lipinski definition) is 2. The largest absolute Gasteiger partial charge is 0.444 e. The first kappa shape index (κ1) is 13.4.